The Morgan fingerprint density at radius 2 is 1.82 bits per heavy atom. The molecule has 2 aromatic carbocycles. The van der Waals surface area contributed by atoms with E-state index < -0.39 is 0 Å². The highest BCUT2D eigenvalue weighted by molar-refractivity contribution is 5.93. The quantitative estimate of drug-likeness (QED) is 0.420. The number of nitrogens with zero attached hydrogens (tertiary/aromatic N) is 3. The Morgan fingerprint density at radius 1 is 1.03 bits per heavy atom. The van der Waals surface area contributed by atoms with Crippen LogP contribution in [0.2, 0.25) is 0 Å². The van der Waals surface area contributed by atoms with Crippen LogP contribution in [0.5, 0.6) is 5.75 Å². The van der Waals surface area contributed by atoms with Gasteiger partial charge in [0.15, 0.2) is 0 Å². The predicted molar refractivity (Wildman–Crippen MR) is 138 cm³/mol. The summed E-state index contributed by atoms with van der Waals surface area (Å²) in [5, 5.41) is 19.3. The van der Waals surface area contributed by atoms with Crippen molar-refractivity contribution in [3.63, 3.8) is 0 Å². The van der Waals surface area contributed by atoms with Crippen LogP contribution < -0.4 is 4.90 Å². The summed E-state index contributed by atoms with van der Waals surface area (Å²) in [7, 11) is 0. The first kappa shape index (κ1) is 22.2. The number of hydrogen-bond acceptors (Lipinski definition) is 4. The van der Waals surface area contributed by atoms with Gasteiger partial charge in [0, 0.05) is 29.9 Å². The Labute approximate surface area is 198 Å². The molecule has 4 nitrogen and oxygen atoms in total. The van der Waals surface area contributed by atoms with Gasteiger partial charge in [-0.05, 0) is 111 Å². The van der Waals surface area contributed by atoms with E-state index in [2.05, 4.69) is 61.1 Å². The highest BCUT2D eigenvalue weighted by atomic mass is 16.3. The van der Waals surface area contributed by atoms with Crippen molar-refractivity contribution in [1.82, 2.24) is 0 Å². The van der Waals surface area contributed by atoms with E-state index in [0.717, 1.165) is 37.4 Å². The van der Waals surface area contributed by atoms with Crippen LogP contribution >= 0.6 is 0 Å². The molecule has 5 rings (SSSR count). The van der Waals surface area contributed by atoms with Gasteiger partial charge in [-0.15, -0.1) is 0 Å². The van der Waals surface area contributed by atoms with Crippen LogP contribution in [-0.2, 0) is 6.42 Å². The van der Waals surface area contributed by atoms with E-state index in [1.165, 1.54) is 48.2 Å². The SMILES string of the molecule is CCN(CC)c1ccc(/C=N\N=C2\CC[C@@H]3[C@@H]4CCc5cc(O)ccc5[C@H]4CC[C@]23C)cc1. The zero-order valence-corrected chi connectivity index (χ0v) is 20.3. The fourth-order valence-electron chi connectivity index (χ4n) is 7.05. The zero-order chi connectivity index (χ0) is 23.0. The Bertz CT molecular complexity index is 1050. The van der Waals surface area contributed by atoms with E-state index in [1.807, 2.05) is 18.3 Å². The maximum absolute atomic E-state index is 9.90. The Balaban J connectivity index is 1.31. The number of rotatable bonds is 5. The third kappa shape index (κ3) is 3.98. The van der Waals surface area contributed by atoms with Crippen LogP contribution in [-0.4, -0.2) is 30.1 Å². The molecule has 0 unspecified atom stereocenters. The molecule has 2 saturated carbocycles. The molecule has 2 aromatic rings. The molecule has 4 heteroatoms. The molecule has 0 radical (unpaired) electrons. The summed E-state index contributed by atoms with van der Waals surface area (Å²) in [4.78, 5) is 2.35. The first-order valence-corrected chi connectivity index (χ1v) is 12.8. The summed E-state index contributed by atoms with van der Waals surface area (Å²) in [6.45, 7) is 8.87. The minimum Gasteiger partial charge on any atom is -0.508 e. The van der Waals surface area contributed by atoms with Crippen molar-refractivity contribution in [2.45, 2.75) is 65.2 Å². The minimum absolute atomic E-state index is 0.180. The van der Waals surface area contributed by atoms with Gasteiger partial charge in [-0.2, -0.15) is 10.2 Å². The summed E-state index contributed by atoms with van der Waals surface area (Å²) < 4.78 is 0. The van der Waals surface area contributed by atoms with Crippen LogP contribution in [0, 0.1) is 17.3 Å². The average molecular weight is 444 g/mol. The summed E-state index contributed by atoms with van der Waals surface area (Å²) in [6, 6.07) is 14.7. The van der Waals surface area contributed by atoms with Gasteiger partial charge < -0.3 is 10.0 Å². The number of benzene rings is 2. The maximum atomic E-state index is 9.90. The molecule has 33 heavy (non-hydrogen) atoms. The molecule has 0 aliphatic heterocycles. The molecule has 0 aromatic heterocycles. The maximum Gasteiger partial charge on any atom is 0.115 e. The average Bonchev–Trinajstić information content (AvgIpc) is 3.17. The molecule has 2 fully saturated rings. The molecular weight excluding hydrogens is 406 g/mol. The van der Waals surface area contributed by atoms with E-state index in [9.17, 15) is 5.11 Å². The van der Waals surface area contributed by atoms with E-state index >= 15 is 0 Å². The van der Waals surface area contributed by atoms with Gasteiger partial charge in [-0.1, -0.05) is 25.1 Å². The molecule has 0 bridgehead atoms. The van der Waals surface area contributed by atoms with Gasteiger partial charge in [0.2, 0.25) is 0 Å². The first-order chi connectivity index (χ1) is 16.0. The summed E-state index contributed by atoms with van der Waals surface area (Å²) >= 11 is 0. The second kappa shape index (κ2) is 8.96. The van der Waals surface area contributed by atoms with Crippen molar-refractivity contribution < 1.29 is 5.11 Å². The number of phenolic OH excluding ortho intramolecular Hbond substituents is 1. The largest absolute Gasteiger partial charge is 0.508 e. The zero-order valence-electron chi connectivity index (χ0n) is 20.3. The molecule has 0 heterocycles. The van der Waals surface area contributed by atoms with Gasteiger partial charge >= 0.3 is 0 Å². The van der Waals surface area contributed by atoms with Crippen LogP contribution in [0.4, 0.5) is 5.69 Å². The highest BCUT2D eigenvalue weighted by Crippen LogP contribution is 2.60. The van der Waals surface area contributed by atoms with Crippen molar-refractivity contribution in [3.8, 4) is 5.75 Å². The molecule has 0 saturated heterocycles. The lowest BCUT2D eigenvalue weighted by Gasteiger charge is -2.49. The molecule has 174 valence electrons. The number of aromatic hydroxyl groups is 1. The topological polar surface area (TPSA) is 48.2 Å². The molecular formula is C29H37N3O. The van der Waals surface area contributed by atoms with E-state index in [1.54, 1.807) is 0 Å². The molecule has 1 N–H and O–H groups in total. The summed E-state index contributed by atoms with van der Waals surface area (Å²) in [6.07, 6.45) is 8.94. The molecule has 3 aliphatic carbocycles. The Kier molecular flexibility index (Phi) is 6.03. The predicted octanol–water partition coefficient (Wildman–Crippen LogP) is 6.57. The van der Waals surface area contributed by atoms with Crippen LogP contribution in [0.15, 0.2) is 52.7 Å². The molecule has 4 atom stereocenters. The fourth-order valence-corrected chi connectivity index (χ4v) is 7.05. The number of hydrogen-bond donors (Lipinski definition) is 1. The van der Waals surface area contributed by atoms with Gasteiger partial charge in [0.05, 0.1) is 6.21 Å². The lowest BCUT2D eigenvalue weighted by atomic mass is 9.55. The van der Waals surface area contributed by atoms with Crippen molar-refractivity contribution in [3.05, 3.63) is 59.2 Å². The van der Waals surface area contributed by atoms with Crippen molar-refractivity contribution in [2.24, 2.45) is 27.5 Å². The van der Waals surface area contributed by atoms with Gasteiger partial charge in [-0.25, -0.2) is 0 Å². The van der Waals surface area contributed by atoms with Crippen LogP contribution in [0.25, 0.3) is 0 Å². The molecule has 3 aliphatic rings. The van der Waals surface area contributed by atoms with Crippen LogP contribution in [0.1, 0.15) is 75.5 Å². The second-order valence-corrected chi connectivity index (χ2v) is 10.3. The summed E-state index contributed by atoms with van der Waals surface area (Å²) in [5.74, 6) is 2.47. The highest BCUT2D eigenvalue weighted by Gasteiger charge is 2.53. The number of aryl methyl sites for hydroxylation is 1. The van der Waals surface area contributed by atoms with Crippen LogP contribution in [0.3, 0.4) is 0 Å². The van der Waals surface area contributed by atoms with Gasteiger partial charge in [0.1, 0.15) is 5.75 Å². The molecule has 0 spiro atoms. The van der Waals surface area contributed by atoms with Gasteiger partial charge in [0.25, 0.3) is 0 Å². The second-order valence-electron chi connectivity index (χ2n) is 10.3. The normalized spacial score (nSPS) is 29.7. The number of anilines is 1. The summed E-state index contributed by atoms with van der Waals surface area (Å²) in [5.41, 5.74) is 6.70. The lowest BCUT2D eigenvalue weighted by molar-refractivity contribution is 0.0955. The Morgan fingerprint density at radius 3 is 2.58 bits per heavy atom. The van der Waals surface area contributed by atoms with Crippen molar-refractivity contribution in [1.29, 1.82) is 0 Å². The monoisotopic (exact) mass is 443 g/mol. The molecule has 0 amide bonds. The number of phenols is 1. The fraction of sp³-hybridized carbons (Fsp3) is 0.517. The smallest absolute Gasteiger partial charge is 0.115 e. The minimum atomic E-state index is 0.180. The standard InChI is InChI=1S/C29H37N3O/c1-4-32(5-2)22-9-6-20(7-10-22)19-30-31-28-15-14-27-26-12-8-21-18-23(33)11-13-24(21)25(26)16-17-29(27,28)3/h6-7,9-11,13,18-19,25-27,33H,4-5,8,12,14-17H2,1-3H3/b30-19-,31-28-/t25-,26-,27-,29+/m1/s1. The third-order valence-corrected chi connectivity index (χ3v) is 8.86. The number of fused-ring (bicyclic) bond motifs is 5. The Hall–Kier alpha value is -2.62. The van der Waals surface area contributed by atoms with E-state index in [0.29, 0.717) is 17.6 Å². The van der Waals surface area contributed by atoms with Gasteiger partial charge in [-0.3, -0.25) is 0 Å². The third-order valence-electron chi connectivity index (χ3n) is 8.86. The van der Waals surface area contributed by atoms with E-state index in [-0.39, 0.29) is 5.41 Å². The van der Waals surface area contributed by atoms with E-state index in [4.69, 9.17) is 5.10 Å². The van der Waals surface area contributed by atoms with Crippen molar-refractivity contribution in [2.75, 3.05) is 18.0 Å². The lowest BCUT2D eigenvalue weighted by Crippen LogP contribution is -2.42. The van der Waals surface area contributed by atoms with Crippen molar-refractivity contribution >= 4 is 17.6 Å². The first-order valence-electron chi connectivity index (χ1n) is 12.8.